The summed E-state index contributed by atoms with van der Waals surface area (Å²) in [6.45, 7) is 4.26. The lowest BCUT2D eigenvalue weighted by atomic mass is 10.2. The van der Waals surface area contributed by atoms with Crippen LogP contribution >= 0.6 is 0 Å². The van der Waals surface area contributed by atoms with Crippen molar-refractivity contribution < 1.29 is 4.79 Å². The monoisotopic (exact) mass is 233 g/mol. The summed E-state index contributed by atoms with van der Waals surface area (Å²) in [5.41, 5.74) is 0.974. The maximum Gasteiger partial charge on any atom is 0.236 e. The van der Waals surface area contributed by atoms with Gasteiger partial charge in [-0.05, 0) is 31.9 Å². The van der Waals surface area contributed by atoms with E-state index in [0.29, 0.717) is 6.54 Å². The van der Waals surface area contributed by atoms with Gasteiger partial charge in [0.05, 0.1) is 12.2 Å². The van der Waals surface area contributed by atoms with E-state index in [1.165, 1.54) is 0 Å². The van der Waals surface area contributed by atoms with Crippen LogP contribution in [0, 0.1) is 0 Å². The van der Waals surface area contributed by atoms with E-state index in [9.17, 15) is 4.79 Å². The maximum atomic E-state index is 11.8. The number of rotatable bonds is 4. The van der Waals surface area contributed by atoms with Crippen molar-refractivity contribution in [3.8, 4) is 0 Å². The Labute approximate surface area is 102 Å². The summed E-state index contributed by atoms with van der Waals surface area (Å²) in [5.74, 6) is 0.199. The highest BCUT2D eigenvalue weighted by Gasteiger charge is 2.18. The van der Waals surface area contributed by atoms with Gasteiger partial charge >= 0.3 is 0 Å². The molecule has 1 aliphatic heterocycles. The molecule has 1 aromatic rings. The minimum Gasteiger partial charge on any atom is -0.342 e. The molecule has 2 rings (SSSR count). The third-order valence-electron chi connectivity index (χ3n) is 3.15. The van der Waals surface area contributed by atoms with Crippen molar-refractivity contribution in [2.75, 3.05) is 19.6 Å². The van der Waals surface area contributed by atoms with E-state index in [1.807, 2.05) is 30.0 Å². The van der Waals surface area contributed by atoms with Crippen molar-refractivity contribution in [3.63, 3.8) is 0 Å². The molecule has 2 heterocycles. The molecule has 17 heavy (non-hydrogen) atoms. The van der Waals surface area contributed by atoms with Crippen molar-refractivity contribution in [1.82, 2.24) is 15.2 Å². The van der Waals surface area contributed by atoms with Gasteiger partial charge in [0, 0.05) is 25.3 Å². The SMILES string of the molecule is C[C@@H](NCC(=O)N1CCCC1)c1ccccn1. The standard InChI is InChI=1S/C13H19N3O/c1-11(12-6-2-3-7-14-12)15-10-13(17)16-8-4-5-9-16/h2-3,6-7,11,15H,4-5,8-10H2,1H3/t11-/m1/s1. The first-order chi connectivity index (χ1) is 8.27. The summed E-state index contributed by atoms with van der Waals surface area (Å²) in [6, 6.07) is 5.94. The Balaban J connectivity index is 1.80. The fourth-order valence-corrected chi connectivity index (χ4v) is 2.06. The lowest BCUT2D eigenvalue weighted by Gasteiger charge is -2.18. The zero-order valence-corrected chi connectivity index (χ0v) is 10.2. The third kappa shape index (κ3) is 3.27. The molecular formula is C13H19N3O. The molecule has 1 aliphatic rings. The maximum absolute atomic E-state index is 11.8. The van der Waals surface area contributed by atoms with E-state index in [0.717, 1.165) is 31.6 Å². The van der Waals surface area contributed by atoms with Crippen LogP contribution in [-0.4, -0.2) is 35.4 Å². The molecule has 1 amide bonds. The number of hydrogen-bond donors (Lipinski definition) is 1. The topological polar surface area (TPSA) is 45.2 Å². The van der Waals surface area contributed by atoms with E-state index >= 15 is 0 Å². The molecule has 4 heteroatoms. The highest BCUT2D eigenvalue weighted by Crippen LogP contribution is 2.09. The first-order valence-electron chi connectivity index (χ1n) is 6.19. The number of likely N-dealkylation sites (tertiary alicyclic amines) is 1. The molecule has 4 nitrogen and oxygen atoms in total. The Morgan fingerprint density at radius 1 is 1.47 bits per heavy atom. The molecule has 0 aliphatic carbocycles. The molecule has 92 valence electrons. The molecule has 1 fully saturated rings. The summed E-state index contributed by atoms with van der Waals surface area (Å²) >= 11 is 0. The Hall–Kier alpha value is -1.42. The van der Waals surface area contributed by atoms with Crippen LogP contribution in [0.1, 0.15) is 31.5 Å². The highest BCUT2D eigenvalue weighted by molar-refractivity contribution is 5.78. The lowest BCUT2D eigenvalue weighted by Crippen LogP contribution is -2.37. The third-order valence-corrected chi connectivity index (χ3v) is 3.15. The Kier molecular flexibility index (Phi) is 4.09. The predicted molar refractivity (Wildman–Crippen MR) is 66.5 cm³/mol. The normalized spacial score (nSPS) is 17.1. The molecule has 1 saturated heterocycles. The van der Waals surface area contributed by atoms with Crippen molar-refractivity contribution in [1.29, 1.82) is 0 Å². The summed E-state index contributed by atoms with van der Waals surface area (Å²) in [5, 5.41) is 3.22. The number of carbonyl (C=O) groups is 1. The number of hydrogen-bond acceptors (Lipinski definition) is 3. The second-order valence-corrected chi connectivity index (χ2v) is 4.45. The van der Waals surface area contributed by atoms with Crippen LogP contribution in [0.4, 0.5) is 0 Å². The molecule has 0 saturated carbocycles. The molecular weight excluding hydrogens is 214 g/mol. The Morgan fingerprint density at radius 2 is 2.24 bits per heavy atom. The van der Waals surface area contributed by atoms with Crippen LogP contribution in [0.5, 0.6) is 0 Å². The summed E-state index contributed by atoms with van der Waals surface area (Å²) in [7, 11) is 0. The van der Waals surface area contributed by atoms with Crippen molar-refractivity contribution >= 4 is 5.91 Å². The van der Waals surface area contributed by atoms with Crippen molar-refractivity contribution in [2.45, 2.75) is 25.8 Å². The van der Waals surface area contributed by atoms with E-state index in [4.69, 9.17) is 0 Å². The van der Waals surface area contributed by atoms with Crippen LogP contribution in [0.15, 0.2) is 24.4 Å². The number of nitrogens with zero attached hydrogens (tertiary/aromatic N) is 2. The molecule has 0 bridgehead atoms. The number of pyridine rings is 1. The van der Waals surface area contributed by atoms with Crippen LogP contribution < -0.4 is 5.32 Å². The second kappa shape index (κ2) is 5.77. The summed E-state index contributed by atoms with van der Waals surface area (Å²) in [4.78, 5) is 18.0. The molecule has 0 spiro atoms. The minimum atomic E-state index is 0.114. The van der Waals surface area contributed by atoms with Gasteiger partial charge in [-0.15, -0.1) is 0 Å². The molecule has 1 atom stereocenters. The largest absolute Gasteiger partial charge is 0.342 e. The predicted octanol–water partition coefficient (Wildman–Crippen LogP) is 1.35. The van der Waals surface area contributed by atoms with Crippen molar-refractivity contribution in [2.24, 2.45) is 0 Å². The van der Waals surface area contributed by atoms with Gasteiger partial charge in [-0.3, -0.25) is 9.78 Å². The van der Waals surface area contributed by atoms with Gasteiger partial charge in [-0.2, -0.15) is 0 Å². The second-order valence-electron chi connectivity index (χ2n) is 4.45. The zero-order valence-electron chi connectivity index (χ0n) is 10.2. The minimum absolute atomic E-state index is 0.114. The van der Waals surface area contributed by atoms with Gasteiger partial charge in [-0.1, -0.05) is 6.07 Å². The zero-order chi connectivity index (χ0) is 12.1. The Bertz CT molecular complexity index is 360. The van der Waals surface area contributed by atoms with Crippen molar-refractivity contribution in [3.05, 3.63) is 30.1 Å². The Morgan fingerprint density at radius 3 is 2.88 bits per heavy atom. The summed E-state index contributed by atoms with van der Waals surface area (Å²) in [6.07, 6.45) is 4.05. The average molecular weight is 233 g/mol. The first kappa shape index (κ1) is 12.0. The average Bonchev–Trinajstić information content (AvgIpc) is 2.90. The molecule has 0 unspecified atom stereocenters. The van der Waals surface area contributed by atoms with Gasteiger partial charge in [0.2, 0.25) is 5.91 Å². The van der Waals surface area contributed by atoms with E-state index in [2.05, 4.69) is 10.3 Å². The quantitative estimate of drug-likeness (QED) is 0.854. The number of nitrogens with one attached hydrogen (secondary N) is 1. The smallest absolute Gasteiger partial charge is 0.236 e. The molecule has 0 radical (unpaired) electrons. The van der Waals surface area contributed by atoms with Crippen LogP contribution in [0.25, 0.3) is 0 Å². The fraction of sp³-hybridized carbons (Fsp3) is 0.538. The molecule has 1 aromatic heterocycles. The lowest BCUT2D eigenvalue weighted by molar-refractivity contribution is -0.129. The number of amides is 1. The van der Waals surface area contributed by atoms with Gasteiger partial charge in [-0.25, -0.2) is 0 Å². The fourth-order valence-electron chi connectivity index (χ4n) is 2.06. The van der Waals surface area contributed by atoms with Crippen LogP contribution in [0.3, 0.4) is 0 Å². The van der Waals surface area contributed by atoms with Gasteiger partial charge in [0.15, 0.2) is 0 Å². The van der Waals surface area contributed by atoms with E-state index < -0.39 is 0 Å². The van der Waals surface area contributed by atoms with Gasteiger partial charge in [0.1, 0.15) is 0 Å². The van der Waals surface area contributed by atoms with Crippen LogP contribution in [0.2, 0.25) is 0 Å². The first-order valence-corrected chi connectivity index (χ1v) is 6.19. The van der Waals surface area contributed by atoms with E-state index in [1.54, 1.807) is 6.20 Å². The summed E-state index contributed by atoms with van der Waals surface area (Å²) < 4.78 is 0. The van der Waals surface area contributed by atoms with Crippen LogP contribution in [-0.2, 0) is 4.79 Å². The molecule has 1 N–H and O–H groups in total. The number of carbonyl (C=O) groups excluding carboxylic acids is 1. The number of aromatic nitrogens is 1. The van der Waals surface area contributed by atoms with E-state index in [-0.39, 0.29) is 11.9 Å². The van der Waals surface area contributed by atoms with Gasteiger partial charge in [0.25, 0.3) is 0 Å². The highest BCUT2D eigenvalue weighted by atomic mass is 16.2. The molecule has 0 aromatic carbocycles. The van der Waals surface area contributed by atoms with Gasteiger partial charge < -0.3 is 10.2 Å².